The third-order valence-corrected chi connectivity index (χ3v) is 3.46. The van der Waals surface area contributed by atoms with E-state index in [1.807, 2.05) is 25.1 Å². The van der Waals surface area contributed by atoms with Gasteiger partial charge in [-0.2, -0.15) is 0 Å². The first-order chi connectivity index (χ1) is 7.00. The predicted molar refractivity (Wildman–Crippen MR) is 59.6 cm³/mol. The number of benzene rings is 1. The average Bonchev–Trinajstić information content (AvgIpc) is 2.16. The van der Waals surface area contributed by atoms with Crippen LogP contribution < -0.4 is 0 Å². The Morgan fingerprint density at radius 3 is 2.60 bits per heavy atom. The Labute approximate surface area is 88.7 Å². The van der Waals surface area contributed by atoms with Gasteiger partial charge in [-0.05, 0) is 12.5 Å². The highest BCUT2D eigenvalue weighted by Crippen LogP contribution is 2.24. The fourth-order valence-electron chi connectivity index (χ4n) is 1.67. The Kier molecular flexibility index (Phi) is 2.23. The lowest BCUT2D eigenvalue weighted by atomic mass is 10.1. The molecule has 0 atom stereocenters. The molecule has 1 heterocycles. The second-order valence-corrected chi connectivity index (χ2v) is 5.57. The largest absolute Gasteiger partial charge is 0.263 e. The molecule has 1 aromatic heterocycles. The van der Waals surface area contributed by atoms with Crippen molar-refractivity contribution in [3.05, 3.63) is 36.2 Å². The van der Waals surface area contributed by atoms with Crippen LogP contribution in [0.4, 0.5) is 0 Å². The molecule has 78 valence electrons. The fraction of sp³-hybridized carbons (Fsp3) is 0.182. The van der Waals surface area contributed by atoms with E-state index < -0.39 is 9.84 Å². The summed E-state index contributed by atoms with van der Waals surface area (Å²) >= 11 is 0. The van der Waals surface area contributed by atoms with Gasteiger partial charge in [0.1, 0.15) is 0 Å². The molecule has 0 aliphatic carbocycles. The molecule has 4 heteroatoms. The minimum Gasteiger partial charge on any atom is -0.263 e. The molecule has 0 saturated heterocycles. The molecule has 0 unspecified atom stereocenters. The molecule has 0 N–H and O–H groups in total. The molecule has 3 nitrogen and oxygen atoms in total. The molecule has 0 amide bonds. The Bertz CT molecular complexity index is 612. The number of nitrogens with zero attached hydrogens (tertiary/aromatic N) is 1. The summed E-state index contributed by atoms with van der Waals surface area (Å²) in [7, 11) is -3.21. The summed E-state index contributed by atoms with van der Waals surface area (Å²) in [5, 5.41) is 1.63. The summed E-state index contributed by atoms with van der Waals surface area (Å²) in [5.74, 6) is 0. The van der Waals surface area contributed by atoms with Gasteiger partial charge in [0, 0.05) is 29.4 Å². The van der Waals surface area contributed by atoms with Crippen LogP contribution in [-0.2, 0) is 9.84 Å². The molecule has 2 aromatic rings. The van der Waals surface area contributed by atoms with Gasteiger partial charge in [0.25, 0.3) is 0 Å². The van der Waals surface area contributed by atoms with E-state index in [0.29, 0.717) is 4.90 Å². The maximum absolute atomic E-state index is 11.6. The standard InChI is InChI=1S/C11H11NO2S/c1-8-4-3-5-9-6-12-7-10(11(8)9)15(2,13)14/h3-7H,1-2H3. The number of sulfone groups is 1. The number of aromatic nitrogens is 1. The van der Waals surface area contributed by atoms with Gasteiger partial charge in [0.15, 0.2) is 9.84 Å². The third-order valence-electron chi connectivity index (χ3n) is 2.36. The normalized spacial score (nSPS) is 11.9. The van der Waals surface area contributed by atoms with Crippen molar-refractivity contribution < 1.29 is 8.42 Å². The number of aryl methyl sites for hydroxylation is 1. The molecule has 0 fully saturated rings. The lowest BCUT2D eigenvalue weighted by Gasteiger charge is -2.06. The first-order valence-electron chi connectivity index (χ1n) is 4.53. The molecule has 0 radical (unpaired) electrons. The SMILES string of the molecule is Cc1cccc2cncc(S(C)(=O)=O)c12. The summed E-state index contributed by atoms with van der Waals surface area (Å²) < 4.78 is 23.1. The Balaban J connectivity index is 2.99. The second-order valence-electron chi connectivity index (χ2n) is 3.58. The van der Waals surface area contributed by atoms with E-state index in [2.05, 4.69) is 4.98 Å². The zero-order valence-electron chi connectivity index (χ0n) is 8.56. The van der Waals surface area contributed by atoms with E-state index in [-0.39, 0.29) is 0 Å². The van der Waals surface area contributed by atoms with Crippen LogP contribution in [0.1, 0.15) is 5.56 Å². The minimum atomic E-state index is -3.21. The van der Waals surface area contributed by atoms with Crippen LogP contribution in [-0.4, -0.2) is 19.7 Å². The average molecular weight is 221 g/mol. The summed E-state index contributed by atoms with van der Waals surface area (Å²) in [6.45, 7) is 1.90. The van der Waals surface area contributed by atoms with Crippen molar-refractivity contribution in [3.63, 3.8) is 0 Å². The zero-order valence-corrected chi connectivity index (χ0v) is 9.38. The van der Waals surface area contributed by atoms with Gasteiger partial charge < -0.3 is 0 Å². The smallest absolute Gasteiger partial charge is 0.177 e. The quantitative estimate of drug-likeness (QED) is 0.739. The maximum Gasteiger partial charge on any atom is 0.177 e. The van der Waals surface area contributed by atoms with Gasteiger partial charge in [-0.15, -0.1) is 0 Å². The topological polar surface area (TPSA) is 47.0 Å². The van der Waals surface area contributed by atoms with Gasteiger partial charge in [-0.3, -0.25) is 4.98 Å². The van der Waals surface area contributed by atoms with E-state index in [1.54, 1.807) is 6.20 Å². The molecule has 0 spiro atoms. The van der Waals surface area contributed by atoms with Crippen LogP contribution >= 0.6 is 0 Å². The van der Waals surface area contributed by atoms with Crippen molar-refractivity contribution in [3.8, 4) is 0 Å². The van der Waals surface area contributed by atoms with E-state index >= 15 is 0 Å². The van der Waals surface area contributed by atoms with Crippen molar-refractivity contribution in [2.24, 2.45) is 0 Å². The highest BCUT2D eigenvalue weighted by atomic mass is 32.2. The summed E-state index contributed by atoms with van der Waals surface area (Å²) in [5.41, 5.74) is 0.954. The van der Waals surface area contributed by atoms with Crippen molar-refractivity contribution in [2.75, 3.05) is 6.26 Å². The Hall–Kier alpha value is -1.42. The number of fused-ring (bicyclic) bond motifs is 1. The van der Waals surface area contributed by atoms with Crippen LogP contribution in [0.15, 0.2) is 35.5 Å². The van der Waals surface area contributed by atoms with Gasteiger partial charge in [0.2, 0.25) is 0 Å². The van der Waals surface area contributed by atoms with Crippen LogP contribution in [0.3, 0.4) is 0 Å². The predicted octanol–water partition coefficient (Wildman–Crippen LogP) is 1.95. The summed E-state index contributed by atoms with van der Waals surface area (Å²) in [4.78, 5) is 4.25. The van der Waals surface area contributed by atoms with Crippen LogP contribution in [0.5, 0.6) is 0 Å². The van der Waals surface area contributed by atoms with Crippen LogP contribution in [0, 0.1) is 6.92 Å². The second kappa shape index (κ2) is 3.31. The molecule has 2 rings (SSSR count). The third kappa shape index (κ3) is 1.72. The molecule has 0 bridgehead atoms. The van der Waals surface area contributed by atoms with Gasteiger partial charge in [0.05, 0.1) is 4.90 Å². The van der Waals surface area contributed by atoms with Crippen molar-refractivity contribution in [2.45, 2.75) is 11.8 Å². The van der Waals surface area contributed by atoms with Gasteiger partial charge in [-0.1, -0.05) is 18.2 Å². The first-order valence-corrected chi connectivity index (χ1v) is 6.42. The van der Waals surface area contributed by atoms with E-state index in [0.717, 1.165) is 16.3 Å². The van der Waals surface area contributed by atoms with E-state index in [1.165, 1.54) is 12.5 Å². The van der Waals surface area contributed by atoms with Gasteiger partial charge in [-0.25, -0.2) is 8.42 Å². The molecular formula is C11H11NO2S. The number of hydrogen-bond donors (Lipinski definition) is 0. The molecule has 15 heavy (non-hydrogen) atoms. The lowest BCUT2D eigenvalue weighted by molar-refractivity contribution is 0.602. The minimum absolute atomic E-state index is 0.304. The van der Waals surface area contributed by atoms with Crippen LogP contribution in [0.2, 0.25) is 0 Å². The molecule has 0 aliphatic rings. The Morgan fingerprint density at radius 1 is 1.20 bits per heavy atom. The van der Waals surface area contributed by atoms with Crippen molar-refractivity contribution >= 4 is 20.6 Å². The van der Waals surface area contributed by atoms with Crippen molar-refractivity contribution in [1.29, 1.82) is 0 Å². The number of hydrogen-bond acceptors (Lipinski definition) is 3. The lowest BCUT2D eigenvalue weighted by Crippen LogP contribution is -2.00. The number of pyridine rings is 1. The van der Waals surface area contributed by atoms with E-state index in [9.17, 15) is 8.42 Å². The highest BCUT2D eigenvalue weighted by molar-refractivity contribution is 7.91. The van der Waals surface area contributed by atoms with Gasteiger partial charge >= 0.3 is 0 Å². The fourth-order valence-corrected chi connectivity index (χ4v) is 2.57. The molecule has 1 aromatic carbocycles. The highest BCUT2D eigenvalue weighted by Gasteiger charge is 2.13. The maximum atomic E-state index is 11.6. The molecule has 0 saturated carbocycles. The zero-order chi connectivity index (χ0) is 11.1. The van der Waals surface area contributed by atoms with Crippen LogP contribution in [0.25, 0.3) is 10.8 Å². The van der Waals surface area contributed by atoms with E-state index in [4.69, 9.17) is 0 Å². The van der Waals surface area contributed by atoms with Crippen molar-refractivity contribution in [1.82, 2.24) is 4.98 Å². The summed E-state index contributed by atoms with van der Waals surface area (Å²) in [6, 6.07) is 5.66. The first kappa shape index (κ1) is 10.1. The molecular weight excluding hydrogens is 210 g/mol. The Morgan fingerprint density at radius 2 is 1.93 bits per heavy atom. The summed E-state index contributed by atoms with van der Waals surface area (Å²) in [6.07, 6.45) is 4.29. The monoisotopic (exact) mass is 221 g/mol. The number of rotatable bonds is 1. The molecule has 0 aliphatic heterocycles.